The summed E-state index contributed by atoms with van der Waals surface area (Å²) in [7, 11) is 0. The predicted octanol–water partition coefficient (Wildman–Crippen LogP) is 3.08. The van der Waals surface area contributed by atoms with Gasteiger partial charge >= 0.3 is 12.1 Å². The zero-order valence-electron chi connectivity index (χ0n) is 13.8. The highest BCUT2D eigenvalue weighted by Gasteiger charge is 2.48. The lowest BCUT2D eigenvalue weighted by Crippen LogP contribution is -2.52. The van der Waals surface area contributed by atoms with Crippen LogP contribution in [-0.4, -0.2) is 53.5 Å². The van der Waals surface area contributed by atoms with Gasteiger partial charge in [-0.25, -0.2) is 0 Å². The Bertz CT molecular complexity index is 610. The van der Waals surface area contributed by atoms with Gasteiger partial charge in [-0.1, -0.05) is 6.07 Å². The van der Waals surface area contributed by atoms with Crippen LogP contribution in [0.15, 0.2) is 17.5 Å². The van der Waals surface area contributed by atoms with Gasteiger partial charge in [0.2, 0.25) is 5.91 Å². The maximum atomic E-state index is 12.7. The molecule has 0 radical (unpaired) electrons. The fraction of sp³-hybridized carbons (Fsp3) is 0.647. The molecule has 2 fully saturated rings. The summed E-state index contributed by atoms with van der Waals surface area (Å²) in [6.45, 7) is 1.11. The Morgan fingerprint density at radius 3 is 2.48 bits per heavy atom. The van der Waals surface area contributed by atoms with Gasteiger partial charge in [0.1, 0.15) is 6.04 Å². The molecule has 1 aromatic heterocycles. The molecular formula is C17H21F3N2O2S. The number of thiophene rings is 1. The minimum absolute atomic E-state index is 0.00356. The zero-order valence-corrected chi connectivity index (χ0v) is 14.6. The largest absolute Gasteiger partial charge is 0.471 e. The molecule has 2 aliphatic rings. The number of amides is 2. The SMILES string of the molecule is O=C(C1CCCN1C(=O)C(F)(F)F)N1CCC(Cc2cccs2)CC1. The van der Waals surface area contributed by atoms with Crippen LogP contribution in [0.25, 0.3) is 0 Å². The lowest BCUT2D eigenvalue weighted by Gasteiger charge is -2.35. The van der Waals surface area contributed by atoms with E-state index in [0.29, 0.717) is 36.7 Å². The van der Waals surface area contributed by atoms with E-state index in [2.05, 4.69) is 6.07 Å². The molecule has 0 aliphatic carbocycles. The molecule has 0 spiro atoms. The third-order valence-electron chi connectivity index (χ3n) is 5.04. The van der Waals surface area contributed by atoms with Crippen LogP contribution in [-0.2, 0) is 16.0 Å². The second-order valence-corrected chi connectivity index (χ2v) is 7.74. The summed E-state index contributed by atoms with van der Waals surface area (Å²) in [6.07, 6.45) is -1.48. The first kappa shape index (κ1) is 18.2. The quantitative estimate of drug-likeness (QED) is 0.816. The number of alkyl halides is 3. The van der Waals surface area contributed by atoms with E-state index < -0.39 is 18.1 Å². The molecular weight excluding hydrogens is 353 g/mol. The number of hydrogen-bond donors (Lipinski definition) is 0. The summed E-state index contributed by atoms with van der Waals surface area (Å²) < 4.78 is 38.1. The molecule has 2 aliphatic heterocycles. The lowest BCUT2D eigenvalue weighted by molar-refractivity contribution is -0.187. The smallest absolute Gasteiger partial charge is 0.341 e. The summed E-state index contributed by atoms with van der Waals surface area (Å²) in [5.74, 6) is -1.72. The Hall–Kier alpha value is -1.57. The van der Waals surface area contributed by atoms with E-state index in [1.54, 1.807) is 16.2 Å². The summed E-state index contributed by atoms with van der Waals surface area (Å²) in [5, 5.41) is 2.04. The molecule has 2 amide bonds. The maximum Gasteiger partial charge on any atom is 0.471 e. The van der Waals surface area contributed by atoms with Gasteiger partial charge < -0.3 is 9.80 Å². The second kappa shape index (κ2) is 7.35. The molecule has 3 heterocycles. The van der Waals surface area contributed by atoms with Crippen molar-refractivity contribution in [1.82, 2.24) is 9.80 Å². The number of carbonyl (C=O) groups is 2. The normalized spacial score (nSPS) is 22.4. The van der Waals surface area contributed by atoms with E-state index in [0.717, 1.165) is 19.3 Å². The molecule has 1 aromatic rings. The topological polar surface area (TPSA) is 40.6 Å². The van der Waals surface area contributed by atoms with Crippen molar-refractivity contribution >= 4 is 23.2 Å². The Labute approximate surface area is 148 Å². The van der Waals surface area contributed by atoms with Crippen molar-refractivity contribution in [3.05, 3.63) is 22.4 Å². The lowest BCUT2D eigenvalue weighted by atomic mass is 9.92. The maximum absolute atomic E-state index is 12.7. The predicted molar refractivity (Wildman–Crippen MR) is 88.1 cm³/mol. The first-order valence-corrected chi connectivity index (χ1v) is 9.43. The van der Waals surface area contributed by atoms with Gasteiger partial charge in [-0.05, 0) is 49.5 Å². The van der Waals surface area contributed by atoms with Gasteiger partial charge in [0, 0.05) is 24.5 Å². The second-order valence-electron chi connectivity index (χ2n) is 6.71. The third-order valence-corrected chi connectivity index (χ3v) is 5.94. The fourth-order valence-corrected chi connectivity index (χ4v) is 4.53. The van der Waals surface area contributed by atoms with E-state index in [1.807, 2.05) is 11.4 Å². The minimum atomic E-state index is -4.92. The van der Waals surface area contributed by atoms with Gasteiger partial charge in [-0.3, -0.25) is 9.59 Å². The van der Waals surface area contributed by atoms with E-state index in [-0.39, 0.29) is 12.5 Å². The number of rotatable bonds is 3. The van der Waals surface area contributed by atoms with Crippen molar-refractivity contribution < 1.29 is 22.8 Å². The van der Waals surface area contributed by atoms with Crippen LogP contribution in [0.5, 0.6) is 0 Å². The average molecular weight is 374 g/mol. The summed E-state index contributed by atoms with van der Waals surface area (Å²) >= 11 is 1.72. The Morgan fingerprint density at radius 1 is 1.16 bits per heavy atom. The molecule has 0 aromatic carbocycles. The van der Waals surface area contributed by atoms with Gasteiger partial charge in [0.05, 0.1) is 0 Å². The van der Waals surface area contributed by atoms with Gasteiger partial charge in [0.15, 0.2) is 0 Å². The number of halogens is 3. The van der Waals surface area contributed by atoms with Crippen molar-refractivity contribution in [1.29, 1.82) is 0 Å². The number of hydrogen-bond acceptors (Lipinski definition) is 3. The van der Waals surface area contributed by atoms with E-state index in [4.69, 9.17) is 0 Å². The number of piperidine rings is 1. The van der Waals surface area contributed by atoms with Crippen LogP contribution < -0.4 is 0 Å². The van der Waals surface area contributed by atoms with Crippen molar-refractivity contribution in [2.45, 2.75) is 44.3 Å². The monoisotopic (exact) mass is 374 g/mol. The molecule has 3 rings (SSSR count). The highest BCUT2D eigenvalue weighted by molar-refractivity contribution is 7.09. The fourth-order valence-electron chi connectivity index (χ4n) is 3.71. The molecule has 8 heteroatoms. The number of nitrogens with zero attached hydrogens (tertiary/aromatic N) is 2. The number of carbonyl (C=O) groups excluding carboxylic acids is 2. The van der Waals surface area contributed by atoms with Gasteiger partial charge in [0.25, 0.3) is 0 Å². The molecule has 2 saturated heterocycles. The van der Waals surface area contributed by atoms with E-state index >= 15 is 0 Å². The Morgan fingerprint density at radius 2 is 1.88 bits per heavy atom. The van der Waals surface area contributed by atoms with E-state index in [9.17, 15) is 22.8 Å². The highest BCUT2D eigenvalue weighted by Crippen LogP contribution is 2.29. The first-order chi connectivity index (χ1) is 11.9. The van der Waals surface area contributed by atoms with Crippen molar-refractivity contribution in [3.8, 4) is 0 Å². The van der Waals surface area contributed by atoms with Gasteiger partial charge in [-0.2, -0.15) is 13.2 Å². The van der Waals surface area contributed by atoms with Crippen molar-refractivity contribution in [2.75, 3.05) is 19.6 Å². The molecule has 0 bridgehead atoms. The molecule has 1 unspecified atom stereocenters. The van der Waals surface area contributed by atoms with Crippen LogP contribution in [0.1, 0.15) is 30.6 Å². The average Bonchev–Trinajstić information content (AvgIpc) is 3.24. The van der Waals surface area contributed by atoms with Crippen molar-refractivity contribution in [2.24, 2.45) is 5.92 Å². The highest BCUT2D eigenvalue weighted by atomic mass is 32.1. The van der Waals surface area contributed by atoms with Crippen LogP contribution in [0.3, 0.4) is 0 Å². The molecule has 0 N–H and O–H groups in total. The first-order valence-electron chi connectivity index (χ1n) is 8.55. The van der Waals surface area contributed by atoms with Crippen LogP contribution >= 0.6 is 11.3 Å². The Kier molecular flexibility index (Phi) is 5.36. The van der Waals surface area contributed by atoms with Crippen molar-refractivity contribution in [3.63, 3.8) is 0 Å². The molecule has 1 atom stereocenters. The molecule has 4 nitrogen and oxygen atoms in total. The summed E-state index contributed by atoms with van der Waals surface area (Å²) in [4.78, 5) is 27.8. The summed E-state index contributed by atoms with van der Waals surface area (Å²) in [6, 6.07) is 3.16. The molecule has 25 heavy (non-hydrogen) atoms. The minimum Gasteiger partial charge on any atom is -0.341 e. The zero-order chi connectivity index (χ0) is 18.0. The Balaban J connectivity index is 1.56. The molecule has 138 valence electrons. The van der Waals surface area contributed by atoms with Crippen LogP contribution in [0.4, 0.5) is 13.2 Å². The van der Waals surface area contributed by atoms with Crippen LogP contribution in [0.2, 0.25) is 0 Å². The summed E-state index contributed by atoms with van der Waals surface area (Å²) in [5.41, 5.74) is 0. The number of likely N-dealkylation sites (tertiary alicyclic amines) is 2. The standard InChI is InChI=1S/C17H21F3N2O2S/c18-17(19,20)16(24)22-7-1-4-14(22)15(23)21-8-5-12(6-9-21)11-13-3-2-10-25-13/h2-3,10,12,14H,1,4-9,11H2. The van der Waals surface area contributed by atoms with E-state index in [1.165, 1.54) is 4.88 Å². The van der Waals surface area contributed by atoms with Gasteiger partial charge in [-0.15, -0.1) is 11.3 Å². The third kappa shape index (κ3) is 4.16. The molecule has 0 saturated carbocycles. The van der Waals surface area contributed by atoms with Crippen LogP contribution in [0, 0.1) is 5.92 Å².